The van der Waals surface area contributed by atoms with Crippen molar-refractivity contribution < 1.29 is 9.53 Å². The number of carbonyl (C=O) groups excluding carboxylic acids is 1. The van der Waals surface area contributed by atoms with Crippen molar-refractivity contribution in [3.8, 4) is 0 Å². The molecule has 0 aliphatic carbocycles. The number of likely N-dealkylation sites (N-methyl/N-ethyl adjacent to an activating group) is 1. The average molecular weight is 229 g/mol. The molecule has 0 saturated carbocycles. The fraction of sp³-hybridized carbons (Fsp3) is 0.909. The molecule has 1 rings (SSSR count). The monoisotopic (exact) mass is 229 g/mol. The first-order valence-electron chi connectivity index (χ1n) is 6.04. The molecule has 0 spiro atoms. The Morgan fingerprint density at radius 1 is 1.62 bits per heavy atom. The van der Waals surface area contributed by atoms with Gasteiger partial charge in [0.2, 0.25) is 5.91 Å². The second-order valence-electron chi connectivity index (χ2n) is 4.15. The molecule has 0 aromatic carbocycles. The Labute approximate surface area is 97.3 Å². The van der Waals surface area contributed by atoms with Gasteiger partial charge in [-0.1, -0.05) is 13.8 Å². The summed E-state index contributed by atoms with van der Waals surface area (Å²) in [7, 11) is 0. The smallest absolute Gasteiger partial charge is 0.236 e. The van der Waals surface area contributed by atoms with Crippen molar-refractivity contribution in [2.45, 2.75) is 32.4 Å². The Morgan fingerprint density at radius 2 is 2.38 bits per heavy atom. The molecule has 0 radical (unpaired) electrons. The van der Waals surface area contributed by atoms with E-state index in [1.165, 1.54) is 0 Å². The number of ether oxygens (including phenoxy) is 1. The van der Waals surface area contributed by atoms with Crippen molar-refractivity contribution in [3.63, 3.8) is 0 Å². The van der Waals surface area contributed by atoms with E-state index in [2.05, 4.69) is 17.1 Å². The van der Waals surface area contributed by atoms with Crippen molar-refractivity contribution in [1.29, 1.82) is 0 Å². The number of nitrogens with zero attached hydrogens (tertiary/aromatic N) is 1. The van der Waals surface area contributed by atoms with Crippen LogP contribution in [0.3, 0.4) is 0 Å². The van der Waals surface area contributed by atoms with E-state index >= 15 is 0 Å². The Hall–Kier alpha value is -0.650. The summed E-state index contributed by atoms with van der Waals surface area (Å²) in [5, 5.41) is 2.83. The normalized spacial score (nSPS) is 24.1. The molecule has 0 aromatic rings. The van der Waals surface area contributed by atoms with Gasteiger partial charge in [-0.05, 0) is 13.0 Å². The molecule has 1 saturated heterocycles. The Morgan fingerprint density at radius 3 is 3.00 bits per heavy atom. The first-order valence-corrected chi connectivity index (χ1v) is 6.04. The van der Waals surface area contributed by atoms with Crippen LogP contribution in [0.2, 0.25) is 0 Å². The quantitative estimate of drug-likeness (QED) is 0.671. The van der Waals surface area contributed by atoms with Crippen LogP contribution in [0.5, 0.6) is 0 Å². The topological polar surface area (TPSA) is 67.6 Å². The summed E-state index contributed by atoms with van der Waals surface area (Å²) in [6, 6.07) is -0.397. The first kappa shape index (κ1) is 13.4. The molecule has 1 heterocycles. The van der Waals surface area contributed by atoms with Gasteiger partial charge < -0.3 is 15.8 Å². The van der Waals surface area contributed by atoms with E-state index in [1.54, 1.807) is 0 Å². The molecule has 3 N–H and O–H groups in total. The van der Waals surface area contributed by atoms with Gasteiger partial charge in [-0.3, -0.25) is 9.69 Å². The first-order chi connectivity index (χ1) is 7.67. The summed E-state index contributed by atoms with van der Waals surface area (Å²) < 4.78 is 5.58. The van der Waals surface area contributed by atoms with E-state index in [1.807, 2.05) is 6.92 Å². The number of nitrogens with one attached hydrogen (secondary N) is 1. The minimum atomic E-state index is -0.397. The van der Waals surface area contributed by atoms with Crippen molar-refractivity contribution in [1.82, 2.24) is 10.2 Å². The maximum atomic E-state index is 11.5. The van der Waals surface area contributed by atoms with E-state index in [0.717, 1.165) is 26.2 Å². The minimum absolute atomic E-state index is 0.0836. The van der Waals surface area contributed by atoms with Crippen molar-refractivity contribution >= 4 is 5.91 Å². The van der Waals surface area contributed by atoms with Crippen molar-refractivity contribution in [2.75, 3.05) is 32.8 Å². The SMILES string of the molecule is CC[C@@H](N)C(=O)NCC1CN(CC)CCO1. The fourth-order valence-corrected chi connectivity index (χ4v) is 1.72. The van der Waals surface area contributed by atoms with Gasteiger partial charge in [0.05, 0.1) is 18.8 Å². The Bertz CT molecular complexity index is 223. The number of hydrogen-bond donors (Lipinski definition) is 2. The van der Waals surface area contributed by atoms with Gasteiger partial charge in [-0.2, -0.15) is 0 Å². The summed E-state index contributed by atoms with van der Waals surface area (Å²) in [6.45, 7) is 8.24. The molecule has 0 bridgehead atoms. The predicted octanol–water partition coefficient (Wildman–Crippen LogP) is -0.439. The third kappa shape index (κ3) is 4.08. The maximum absolute atomic E-state index is 11.5. The second kappa shape index (κ2) is 6.83. The van der Waals surface area contributed by atoms with Crippen LogP contribution in [0.4, 0.5) is 0 Å². The van der Waals surface area contributed by atoms with Crippen LogP contribution in [-0.2, 0) is 9.53 Å². The summed E-state index contributed by atoms with van der Waals surface area (Å²) >= 11 is 0. The fourth-order valence-electron chi connectivity index (χ4n) is 1.72. The van der Waals surface area contributed by atoms with Gasteiger partial charge in [0.25, 0.3) is 0 Å². The zero-order valence-electron chi connectivity index (χ0n) is 10.2. The maximum Gasteiger partial charge on any atom is 0.236 e. The number of carbonyl (C=O) groups is 1. The number of morpholine rings is 1. The number of hydrogen-bond acceptors (Lipinski definition) is 4. The summed E-state index contributed by atoms with van der Waals surface area (Å²) in [5.41, 5.74) is 5.62. The molecule has 1 amide bonds. The Balaban J connectivity index is 2.24. The van der Waals surface area contributed by atoms with Crippen LogP contribution in [-0.4, -0.2) is 55.7 Å². The zero-order valence-corrected chi connectivity index (χ0v) is 10.2. The van der Waals surface area contributed by atoms with Crippen LogP contribution >= 0.6 is 0 Å². The van der Waals surface area contributed by atoms with Gasteiger partial charge >= 0.3 is 0 Å². The van der Waals surface area contributed by atoms with Gasteiger partial charge in [0, 0.05) is 19.6 Å². The highest BCUT2D eigenvalue weighted by Gasteiger charge is 2.20. The molecule has 2 atom stereocenters. The van der Waals surface area contributed by atoms with Crippen molar-refractivity contribution in [3.05, 3.63) is 0 Å². The molecule has 5 heteroatoms. The highest BCUT2D eigenvalue weighted by molar-refractivity contribution is 5.81. The van der Waals surface area contributed by atoms with Gasteiger partial charge in [0.15, 0.2) is 0 Å². The van der Waals surface area contributed by atoms with E-state index in [0.29, 0.717) is 13.0 Å². The van der Waals surface area contributed by atoms with E-state index in [9.17, 15) is 4.79 Å². The van der Waals surface area contributed by atoms with Gasteiger partial charge in [-0.25, -0.2) is 0 Å². The van der Waals surface area contributed by atoms with Crippen LogP contribution in [0.25, 0.3) is 0 Å². The van der Waals surface area contributed by atoms with E-state index < -0.39 is 6.04 Å². The molecule has 94 valence electrons. The minimum Gasteiger partial charge on any atom is -0.374 e. The van der Waals surface area contributed by atoms with Crippen molar-refractivity contribution in [2.24, 2.45) is 5.73 Å². The lowest BCUT2D eigenvalue weighted by atomic mass is 10.2. The average Bonchev–Trinajstić information content (AvgIpc) is 2.35. The molecule has 5 nitrogen and oxygen atoms in total. The highest BCUT2D eigenvalue weighted by atomic mass is 16.5. The van der Waals surface area contributed by atoms with E-state index in [4.69, 9.17) is 10.5 Å². The van der Waals surface area contributed by atoms with Crippen LogP contribution in [0.1, 0.15) is 20.3 Å². The Kier molecular flexibility index (Phi) is 5.73. The molecule has 0 aromatic heterocycles. The molecular weight excluding hydrogens is 206 g/mol. The summed E-state index contributed by atoms with van der Waals surface area (Å²) in [4.78, 5) is 13.8. The molecule has 1 aliphatic rings. The second-order valence-corrected chi connectivity index (χ2v) is 4.15. The number of nitrogens with two attached hydrogens (primary N) is 1. The largest absolute Gasteiger partial charge is 0.374 e. The van der Waals surface area contributed by atoms with Crippen LogP contribution < -0.4 is 11.1 Å². The lowest BCUT2D eigenvalue weighted by molar-refractivity contribution is -0.123. The summed E-state index contributed by atoms with van der Waals surface area (Å²) in [6.07, 6.45) is 0.764. The third-order valence-electron chi connectivity index (χ3n) is 2.95. The van der Waals surface area contributed by atoms with E-state index in [-0.39, 0.29) is 12.0 Å². The predicted molar refractivity (Wildman–Crippen MR) is 63.1 cm³/mol. The molecule has 1 unspecified atom stereocenters. The standard InChI is InChI=1S/C11H23N3O2/c1-3-10(12)11(15)13-7-9-8-14(4-2)5-6-16-9/h9-10H,3-8,12H2,1-2H3,(H,13,15)/t9?,10-/m1/s1. The van der Waals surface area contributed by atoms with Crippen LogP contribution in [0, 0.1) is 0 Å². The van der Waals surface area contributed by atoms with Gasteiger partial charge in [-0.15, -0.1) is 0 Å². The lowest BCUT2D eigenvalue weighted by Crippen LogP contribution is -2.49. The summed E-state index contributed by atoms with van der Waals surface area (Å²) in [5.74, 6) is -0.0836. The molecule has 16 heavy (non-hydrogen) atoms. The van der Waals surface area contributed by atoms with Gasteiger partial charge in [0.1, 0.15) is 0 Å². The lowest BCUT2D eigenvalue weighted by Gasteiger charge is -2.32. The zero-order chi connectivity index (χ0) is 12.0. The molecule has 1 fully saturated rings. The molecule has 1 aliphatic heterocycles. The number of rotatable bonds is 5. The third-order valence-corrected chi connectivity index (χ3v) is 2.95. The number of amides is 1. The highest BCUT2D eigenvalue weighted by Crippen LogP contribution is 2.03. The molecular formula is C11H23N3O2. The van der Waals surface area contributed by atoms with Crippen LogP contribution in [0.15, 0.2) is 0 Å².